The number of carbonyl (C=O) groups is 4. The fraction of sp³-hybridized carbons (Fsp3) is 0.367. The topological polar surface area (TPSA) is 126 Å². The Bertz CT molecular complexity index is 1590. The zero-order valence-electron chi connectivity index (χ0n) is 22.9. The summed E-state index contributed by atoms with van der Waals surface area (Å²) in [7, 11) is 0. The number of H-pyrrole nitrogens is 1. The van der Waals surface area contributed by atoms with Crippen molar-refractivity contribution in [3.05, 3.63) is 74.2 Å². The van der Waals surface area contributed by atoms with E-state index in [0.29, 0.717) is 45.6 Å². The molecule has 3 aliphatic rings. The molecule has 3 aliphatic heterocycles. The lowest BCUT2D eigenvalue weighted by Gasteiger charge is -2.31. The number of amides is 3. The number of nitrogens with zero attached hydrogens (tertiary/aromatic N) is 2. The molecule has 0 saturated carbocycles. The first-order chi connectivity index (χ1) is 20.4. The van der Waals surface area contributed by atoms with Crippen molar-refractivity contribution in [2.45, 2.75) is 42.4 Å². The number of esters is 1. The van der Waals surface area contributed by atoms with Crippen LogP contribution in [0.15, 0.2) is 58.4 Å². The molecule has 0 spiro atoms. The molecule has 3 atom stereocenters. The molecule has 218 valence electrons. The summed E-state index contributed by atoms with van der Waals surface area (Å²) >= 11 is 2.19. The summed E-state index contributed by atoms with van der Waals surface area (Å²) in [5.74, 6) is -2.42. The quantitative estimate of drug-likeness (QED) is 0.318. The van der Waals surface area contributed by atoms with Crippen LogP contribution in [0, 0.1) is 5.92 Å². The van der Waals surface area contributed by atoms with Crippen LogP contribution in [0.3, 0.4) is 0 Å². The lowest BCUT2D eigenvalue weighted by molar-refractivity contribution is -0.134. The highest BCUT2D eigenvalue weighted by atomic mass is 32.2. The molecule has 10 nitrogen and oxygen atoms in total. The Morgan fingerprint density at radius 1 is 0.976 bits per heavy atom. The van der Waals surface area contributed by atoms with Crippen molar-refractivity contribution < 1.29 is 28.7 Å². The van der Waals surface area contributed by atoms with E-state index in [1.54, 1.807) is 36.1 Å². The summed E-state index contributed by atoms with van der Waals surface area (Å²) in [6.45, 7) is 3.22. The lowest BCUT2D eigenvalue weighted by Crippen LogP contribution is -2.38. The third kappa shape index (κ3) is 5.13. The number of fused-ring (bicyclic) bond motifs is 2. The van der Waals surface area contributed by atoms with Crippen LogP contribution < -0.4 is 14.5 Å². The Hall–Kier alpha value is -3.90. The fourth-order valence-corrected chi connectivity index (χ4v) is 8.32. The summed E-state index contributed by atoms with van der Waals surface area (Å²) in [4.78, 5) is 71.4. The van der Waals surface area contributed by atoms with E-state index < -0.39 is 34.9 Å². The summed E-state index contributed by atoms with van der Waals surface area (Å²) in [6, 6.07) is 13.3. The van der Waals surface area contributed by atoms with E-state index >= 15 is 0 Å². The minimum absolute atomic E-state index is 0.0990. The Morgan fingerprint density at radius 3 is 2.45 bits per heavy atom. The molecular formula is C30H29N3O7S2. The molecule has 2 aromatic carbocycles. The van der Waals surface area contributed by atoms with Crippen LogP contribution in [0.2, 0.25) is 0 Å². The number of likely N-dealkylation sites (tertiary alicyclic amines) is 1. The Labute approximate surface area is 250 Å². The molecule has 4 heterocycles. The molecule has 3 amide bonds. The highest BCUT2D eigenvalue weighted by Gasteiger charge is 2.56. The van der Waals surface area contributed by atoms with E-state index in [0.717, 1.165) is 35.5 Å². The van der Waals surface area contributed by atoms with E-state index in [2.05, 4.69) is 4.98 Å². The zero-order valence-corrected chi connectivity index (χ0v) is 24.5. The van der Waals surface area contributed by atoms with Crippen molar-refractivity contribution in [1.82, 2.24) is 9.88 Å². The molecule has 0 aliphatic carbocycles. The van der Waals surface area contributed by atoms with E-state index in [4.69, 9.17) is 9.47 Å². The highest BCUT2D eigenvalue weighted by molar-refractivity contribution is 8.00. The first-order valence-electron chi connectivity index (χ1n) is 13.9. The molecule has 3 unspecified atom stereocenters. The Morgan fingerprint density at radius 2 is 1.71 bits per heavy atom. The third-order valence-electron chi connectivity index (χ3n) is 7.77. The molecule has 0 radical (unpaired) electrons. The summed E-state index contributed by atoms with van der Waals surface area (Å²) < 4.78 is 11.1. The number of anilines is 1. The molecule has 1 aromatic heterocycles. The number of hydrogen-bond donors (Lipinski definition) is 1. The van der Waals surface area contributed by atoms with Gasteiger partial charge in [0, 0.05) is 29.4 Å². The number of aromatic nitrogens is 1. The van der Waals surface area contributed by atoms with Crippen LogP contribution in [0.1, 0.15) is 52.9 Å². The summed E-state index contributed by atoms with van der Waals surface area (Å²) in [6.07, 6.45) is 3.05. The predicted molar refractivity (Wildman–Crippen MR) is 157 cm³/mol. The fourth-order valence-electron chi connectivity index (χ4n) is 5.81. The second kappa shape index (κ2) is 11.8. The average Bonchev–Trinajstić information content (AvgIpc) is 3.50. The van der Waals surface area contributed by atoms with Gasteiger partial charge in [0.2, 0.25) is 11.8 Å². The van der Waals surface area contributed by atoms with Gasteiger partial charge in [0.15, 0.2) is 6.61 Å². The first-order valence-corrected chi connectivity index (χ1v) is 15.6. The minimum Gasteiger partial charge on any atom is -0.483 e. The number of benzene rings is 2. The summed E-state index contributed by atoms with van der Waals surface area (Å²) in [5, 5.41) is -0.232. The van der Waals surface area contributed by atoms with E-state index in [9.17, 15) is 24.0 Å². The van der Waals surface area contributed by atoms with Crippen molar-refractivity contribution in [2.24, 2.45) is 5.92 Å². The number of imide groups is 1. The third-order valence-corrected chi connectivity index (χ3v) is 10.2. The van der Waals surface area contributed by atoms with E-state index in [1.807, 2.05) is 12.1 Å². The molecule has 42 heavy (non-hydrogen) atoms. The van der Waals surface area contributed by atoms with Crippen molar-refractivity contribution >= 4 is 52.5 Å². The Balaban J connectivity index is 1.33. The number of thiazole rings is 1. The van der Waals surface area contributed by atoms with Crippen LogP contribution >= 0.6 is 23.1 Å². The van der Waals surface area contributed by atoms with Gasteiger partial charge in [-0.25, -0.2) is 9.69 Å². The zero-order chi connectivity index (χ0) is 29.4. The maximum Gasteiger partial charge on any atom is 0.338 e. The van der Waals surface area contributed by atoms with Crippen LogP contribution in [-0.2, 0) is 19.1 Å². The van der Waals surface area contributed by atoms with Gasteiger partial charge >= 0.3 is 10.8 Å². The maximum atomic E-state index is 14.1. The van der Waals surface area contributed by atoms with Crippen molar-refractivity contribution in [3.63, 3.8) is 0 Å². The SMILES string of the molecule is CCOC(=O)c1ccc(N2C(=O)C3Sc4[nH]c(=O)sc4C(c4ccccc4OCC(=O)N4CCCCC4)C3C2=O)cc1. The van der Waals surface area contributed by atoms with Crippen LogP contribution in [0.4, 0.5) is 5.69 Å². The normalized spacial score (nSPS) is 21.6. The lowest BCUT2D eigenvalue weighted by atomic mass is 9.82. The van der Waals surface area contributed by atoms with Gasteiger partial charge in [0.05, 0.1) is 28.8 Å². The second-order valence-corrected chi connectivity index (χ2v) is 12.5. The monoisotopic (exact) mass is 607 g/mol. The van der Waals surface area contributed by atoms with Gasteiger partial charge in [-0.1, -0.05) is 41.3 Å². The van der Waals surface area contributed by atoms with Gasteiger partial charge < -0.3 is 19.4 Å². The van der Waals surface area contributed by atoms with Gasteiger partial charge in [-0.15, -0.1) is 0 Å². The second-order valence-electron chi connectivity index (χ2n) is 10.3. The van der Waals surface area contributed by atoms with E-state index in [1.165, 1.54) is 23.9 Å². The molecule has 3 aromatic rings. The van der Waals surface area contributed by atoms with Crippen molar-refractivity contribution in [1.29, 1.82) is 0 Å². The Kier molecular flexibility index (Phi) is 7.91. The molecule has 1 N–H and O–H groups in total. The summed E-state index contributed by atoms with van der Waals surface area (Å²) in [5.41, 5.74) is 1.30. The molecular weight excluding hydrogens is 578 g/mol. The maximum absolute atomic E-state index is 14.1. The standard InChI is InChI=1S/C30H29N3O7S2/c1-2-39-29(37)17-10-12-18(13-11-17)33-27(35)23-22(24-26(31-30(38)42-24)41-25(23)28(33)36)19-8-4-5-9-20(19)40-16-21(34)32-14-6-3-7-15-32/h4-5,8-13,22-23,25H,2-3,6-7,14-16H2,1H3,(H,31,38). The number of piperidine rings is 1. The largest absolute Gasteiger partial charge is 0.483 e. The van der Waals surface area contributed by atoms with Crippen molar-refractivity contribution in [2.75, 3.05) is 31.2 Å². The number of ether oxygens (including phenoxy) is 2. The molecule has 0 bridgehead atoms. The molecule has 2 fully saturated rings. The first kappa shape index (κ1) is 28.2. The van der Waals surface area contributed by atoms with Crippen molar-refractivity contribution in [3.8, 4) is 5.75 Å². The van der Waals surface area contributed by atoms with Gasteiger partial charge in [-0.3, -0.25) is 19.2 Å². The van der Waals surface area contributed by atoms with Gasteiger partial charge in [-0.2, -0.15) is 0 Å². The van der Waals surface area contributed by atoms with Gasteiger partial charge in [-0.05, 0) is 56.5 Å². The van der Waals surface area contributed by atoms with Crippen LogP contribution in [-0.4, -0.2) is 65.1 Å². The number of para-hydroxylation sites is 1. The van der Waals surface area contributed by atoms with Gasteiger partial charge in [0.1, 0.15) is 11.0 Å². The molecule has 2 saturated heterocycles. The highest BCUT2D eigenvalue weighted by Crippen LogP contribution is 2.54. The molecule has 12 heteroatoms. The number of carbonyl (C=O) groups excluding carboxylic acids is 4. The number of aromatic amines is 1. The van der Waals surface area contributed by atoms with Crippen LogP contribution in [0.25, 0.3) is 0 Å². The number of thioether (sulfide) groups is 1. The number of hydrogen-bond acceptors (Lipinski definition) is 9. The number of rotatable bonds is 7. The van der Waals surface area contributed by atoms with Gasteiger partial charge in [0.25, 0.3) is 5.91 Å². The molecule has 6 rings (SSSR count). The number of nitrogens with one attached hydrogen (secondary N) is 1. The average molecular weight is 608 g/mol. The minimum atomic E-state index is -0.811. The van der Waals surface area contributed by atoms with Crippen LogP contribution in [0.5, 0.6) is 5.75 Å². The predicted octanol–water partition coefficient (Wildman–Crippen LogP) is 3.80. The smallest absolute Gasteiger partial charge is 0.338 e. The van der Waals surface area contributed by atoms with E-state index in [-0.39, 0.29) is 24.0 Å².